The lowest BCUT2D eigenvalue weighted by Crippen LogP contribution is -2.62. The van der Waals surface area contributed by atoms with E-state index in [9.17, 15) is 87.9 Å². The number of carbonyl (C=O) groups is 13. The number of hydrogen-bond donors (Lipinski definition) is 17. The number of thiol groups is 1. The van der Waals surface area contributed by atoms with Crippen LogP contribution in [-0.2, 0) is 81.6 Å². The van der Waals surface area contributed by atoms with Gasteiger partial charge in [0, 0.05) is 43.5 Å². The predicted octanol–water partition coefficient (Wildman–Crippen LogP) is -4.78. The Balaban J connectivity index is 1.45. The predicted molar refractivity (Wildman–Crippen MR) is 299 cm³/mol. The summed E-state index contributed by atoms with van der Waals surface area (Å²) >= 11 is 4.11. The molecule has 0 aliphatic carbocycles. The van der Waals surface area contributed by atoms with E-state index >= 15 is 0 Å². The molecule has 1 aliphatic rings. The molecule has 1 fully saturated rings. The fourth-order valence-electron chi connectivity index (χ4n) is 8.76. The number of rotatable bonds is 34. The molecule has 462 valence electrons. The van der Waals surface area contributed by atoms with Crippen molar-refractivity contribution in [3.8, 4) is 5.75 Å². The SMILES string of the molecule is CC(C)[C@H](NC(=O)[C@H](CO)NC(=O)[C@H](CCC(N)=O)NC(=O)[C@@H]1CCCN1C(=O)[C@@H](N)Cc1ccccc1)C(=O)N[C@@H](CC(=O)O)C(=O)N[C@@H](CC(=O)O)C(=O)N[C@@H](CS)C(=O)N[C@@H](Cc1cnc[nH]1)C(=O)N[C@@H](Cc1ccc(O)cc1)C(=O)O. The number of aliphatic hydroxyl groups excluding tert-OH is 1. The third-order valence-electron chi connectivity index (χ3n) is 13.3. The zero-order valence-electron chi connectivity index (χ0n) is 46.2. The molecule has 18 N–H and O–H groups in total. The van der Waals surface area contributed by atoms with Crippen LogP contribution in [0.1, 0.15) is 69.2 Å². The fraction of sp³-hybridized carbons (Fsp3) is 0.472. The second-order valence-corrected chi connectivity index (χ2v) is 20.6. The van der Waals surface area contributed by atoms with E-state index in [1.54, 1.807) is 30.3 Å². The van der Waals surface area contributed by atoms with Crippen LogP contribution in [0.3, 0.4) is 0 Å². The molecule has 2 heterocycles. The minimum atomic E-state index is -2.10. The average Bonchev–Trinajstić information content (AvgIpc) is 4.11. The van der Waals surface area contributed by atoms with Crippen LogP contribution in [0.5, 0.6) is 5.75 Å². The van der Waals surface area contributed by atoms with Crippen LogP contribution in [0.4, 0.5) is 0 Å². The van der Waals surface area contributed by atoms with Crippen LogP contribution >= 0.6 is 12.6 Å². The van der Waals surface area contributed by atoms with Crippen LogP contribution in [0, 0.1) is 5.92 Å². The van der Waals surface area contributed by atoms with Gasteiger partial charge in [0.15, 0.2) is 0 Å². The molecule has 10 atom stereocenters. The Labute approximate surface area is 491 Å². The van der Waals surface area contributed by atoms with E-state index in [0.717, 1.165) is 5.56 Å². The maximum atomic E-state index is 13.9. The molecule has 4 rings (SSSR count). The lowest BCUT2D eigenvalue weighted by molar-refractivity contribution is -0.144. The minimum Gasteiger partial charge on any atom is -0.508 e. The van der Waals surface area contributed by atoms with Gasteiger partial charge < -0.3 is 89.4 Å². The number of aliphatic hydroxyl groups is 1. The number of aliphatic carboxylic acids is 3. The largest absolute Gasteiger partial charge is 0.508 e. The highest BCUT2D eigenvalue weighted by Crippen LogP contribution is 2.20. The Morgan fingerprint density at radius 3 is 1.71 bits per heavy atom. The molecular formula is C53H71N13O18S. The highest BCUT2D eigenvalue weighted by atomic mass is 32.1. The number of nitrogens with one attached hydrogen (secondary N) is 9. The van der Waals surface area contributed by atoms with E-state index in [4.69, 9.17) is 11.5 Å². The van der Waals surface area contributed by atoms with Crippen molar-refractivity contribution in [3.05, 3.63) is 83.9 Å². The van der Waals surface area contributed by atoms with Gasteiger partial charge in [-0.1, -0.05) is 56.3 Å². The molecule has 32 heteroatoms. The van der Waals surface area contributed by atoms with Gasteiger partial charge in [0.1, 0.15) is 60.1 Å². The number of nitrogens with zero attached hydrogens (tertiary/aromatic N) is 2. The van der Waals surface area contributed by atoms with E-state index in [0.29, 0.717) is 17.7 Å². The van der Waals surface area contributed by atoms with Gasteiger partial charge in [0.2, 0.25) is 59.1 Å². The van der Waals surface area contributed by atoms with Crippen molar-refractivity contribution < 1.29 is 87.9 Å². The molecule has 1 aliphatic heterocycles. The Morgan fingerprint density at radius 1 is 0.647 bits per heavy atom. The van der Waals surface area contributed by atoms with Crippen molar-refractivity contribution in [1.82, 2.24) is 57.4 Å². The van der Waals surface area contributed by atoms with Gasteiger partial charge in [-0.05, 0) is 54.9 Å². The van der Waals surface area contributed by atoms with Crippen LogP contribution in [0.2, 0.25) is 0 Å². The van der Waals surface area contributed by atoms with Gasteiger partial charge in [-0.3, -0.25) is 57.5 Å². The number of carboxylic acids is 3. The number of carbonyl (C=O) groups excluding carboxylic acids is 10. The molecule has 3 aromatic rings. The molecule has 2 aromatic carbocycles. The minimum absolute atomic E-state index is 0.0947. The number of aromatic amines is 1. The van der Waals surface area contributed by atoms with E-state index in [1.807, 2.05) is 5.32 Å². The molecule has 10 amide bonds. The third kappa shape index (κ3) is 21.8. The van der Waals surface area contributed by atoms with E-state index in [2.05, 4.69) is 59.8 Å². The zero-order chi connectivity index (χ0) is 63.1. The van der Waals surface area contributed by atoms with Crippen LogP contribution in [0.15, 0.2) is 67.1 Å². The number of nitrogens with two attached hydrogens (primary N) is 2. The van der Waals surface area contributed by atoms with E-state index in [-0.39, 0.29) is 38.0 Å². The molecule has 0 bridgehead atoms. The molecule has 0 saturated carbocycles. The standard InChI is InChI=1S/C53H71N13O18S/c1-26(2)43(65-48(78)37(23-67)63-44(74)32(14-15-40(55)69)58-50(80)39-9-6-16-66(39)52(82)31(54)17-27-7-4-3-5-8-27)51(81)61-35(21-42(72)73)46(76)60-34(20-41(70)71)47(77)64-38(24-85)49(79)59-33(19-29-22-56-25-57-29)45(75)62-36(53(83)84)18-28-10-12-30(68)13-11-28/h3-5,7-8,10-13,22,25-26,31-39,43,67-68,85H,6,9,14-21,23-24,54H2,1-2H3,(H2,55,69)(H,56,57)(H,58,80)(H,59,79)(H,60,76)(H,61,81)(H,62,75)(H,63,74)(H,64,77)(H,65,78)(H,70,71)(H,72,73)(H,83,84)/t31-,32-,33-,34-,35-,36-,37-,38-,39-,43-/m0/s1. The van der Waals surface area contributed by atoms with Gasteiger partial charge in [0.05, 0.1) is 31.8 Å². The Hall–Kier alpha value is -9.17. The Kier molecular flexibility index (Phi) is 26.7. The average molecular weight is 1210 g/mol. The number of aromatic nitrogens is 2. The zero-order valence-corrected chi connectivity index (χ0v) is 47.1. The quantitative estimate of drug-likeness (QED) is 0.0250. The van der Waals surface area contributed by atoms with Crippen molar-refractivity contribution in [1.29, 1.82) is 0 Å². The van der Waals surface area contributed by atoms with E-state index < -0.39 is 181 Å². The number of H-pyrrole nitrogens is 1. The monoisotopic (exact) mass is 1210 g/mol. The second kappa shape index (κ2) is 33.2. The van der Waals surface area contributed by atoms with Crippen LogP contribution in [-0.4, -0.2) is 197 Å². The molecule has 0 radical (unpaired) electrons. The van der Waals surface area contributed by atoms with Crippen molar-refractivity contribution >= 4 is 89.6 Å². The maximum absolute atomic E-state index is 13.9. The number of aromatic hydroxyl groups is 1. The van der Waals surface area contributed by atoms with E-state index in [1.165, 1.54) is 55.5 Å². The summed E-state index contributed by atoms with van der Waals surface area (Å²) in [5.74, 6) is -17.0. The summed E-state index contributed by atoms with van der Waals surface area (Å²) in [5, 5.41) is 67.5. The van der Waals surface area contributed by atoms with Crippen molar-refractivity contribution in [3.63, 3.8) is 0 Å². The summed E-state index contributed by atoms with van der Waals surface area (Å²) in [6.45, 7) is 1.87. The van der Waals surface area contributed by atoms with Crippen LogP contribution < -0.4 is 54.0 Å². The number of imidazole rings is 1. The summed E-state index contributed by atoms with van der Waals surface area (Å²) in [4.78, 5) is 179. The number of hydrogen-bond acceptors (Lipinski definition) is 18. The number of benzene rings is 2. The van der Waals surface area contributed by atoms with Gasteiger partial charge in [-0.2, -0.15) is 12.6 Å². The number of carboxylic acid groups (broad SMARTS) is 3. The molecule has 1 saturated heterocycles. The topological polar surface area (TPSA) is 503 Å². The third-order valence-corrected chi connectivity index (χ3v) is 13.6. The van der Waals surface area contributed by atoms with Crippen molar-refractivity contribution in [2.24, 2.45) is 17.4 Å². The smallest absolute Gasteiger partial charge is 0.326 e. The first-order chi connectivity index (χ1) is 40.2. The molecule has 85 heavy (non-hydrogen) atoms. The second-order valence-electron chi connectivity index (χ2n) is 20.2. The summed E-state index contributed by atoms with van der Waals surface area (Å²) in [7, 11) is 0. The normalized spacial score (nSPS) is 16.0. The number of phenols is 1. The Morgan fingerprint density at radius 2 is 1.16 bits per heavy atom. The van der Waals surface area contributed by atoms with Crippen LogP contribution in [0.25, 0.3) is 0 Å². The summed E-state index contributed by atoms with van der Waals surface area (Å²) < 4.78 is 0. The first-order valence-electron chi connectivity index (χ1n) is 26.7. The van der Waals surface area contributed by atoms with Gasteiger partial charge in [-0.15, -0.1) is 0 Å². The van der Waals surface area contributed by atoms with Crippen molar-refractivity contribution in [2.45, 2.75) is 132 Å². The summed E-state index contributed by atoms with van der Waals surface area (Å²) in [5.41, 5.74) is 13.1. The highest BCUT2D eigenvalue weighted by molar-refractivity contribution is 7.80. The first kappa shape index (κ1) is 68.3. The van der Waals surface area contributed by atoms with Crippen molar-refractivity contribution in [2.75, 3.05) is 18.9 Å². The first-order valence-corrected chi connectivity index (χ1v) is 27.3. The summed E-state index contributed by atoms with van der Waals surface area (Å²) in [6, 6.07) is -1.79. The summed E-state index contributed by atoms with van der Waals surface area (Å²) in [6.07, 6.45) is -0.434. The lowest BCUT2D eigenvalue weighted by Gasteiger charge is -2.29. The van der Waals surface area contributed by atoms with Gasteiger partial charge >= 0.3 is 17.9 Å². The van der Waals surface area contributed by atoms with Gasteiger partial charge in [0.25, 0.3) is 0 Å². The van der Waals surface area contributed by atoms with Gasteiger partial charge in [-0.25, -0.2) is 9.78 Å². The number of amides is 10. The molecular weight excluding hydrogens is 1140 g/mol. The number of primary amides is 1. The molecule has 31 nitrogen and oxygen atoms in total. The number of phenolic OH excluding ortho intramolecular Hbond substituents is 1. The molecule has 0 unspecified atom stereocenters. The highest BCUT2D eigenvalue weighted by Gasteiger charge is 2.40. The number of likely N-dealkylation sites (tertiary alicyclic amines) is 1. The fourth-order valence-corrected chi connectivity index (χ4v) is 9.01. The molecule has 0 spiro atoms. The Bertz CT molecular complexity index is 2860. The molecule has 1 aromatic heterocycles. The lowest BCUT2D eigenvalue weighted by atomic mass is 10.0. The maximum Gasteiger partial charge on any atom is 0.326 e.